The number of fused-ring (bicyclic) bond motifs is 1. The molecule has 148 valence electrons. The third-order valence-electron chi connectivity index (χ3n) is 5.60. The molecule has 2 aliphatic heterocycles. The van der Waals surface area contributed by atoms with Crippen molar-refractivity contribution in [2.24, 2.45) is 0 Å². The van der Waals surface area contributed by atoms with E-state index in [1.165, 1.54) is 0 Å². The summed E-state index contributed by atoms with van der Waals surface area (Å²) in [6.45, 7) is 3.44. The average Bonchev–Trinajstić information content (AvgIpc) is 2.98. The summed E-state index contributed by atoms with van der Waals surface area (Å²) in [5.41, 5.74) is 1.72. The molecule has 7 nitrogen and oxygen atoms in total. The van der Waals surface area contributed by atoms with Crippen LogP contribution in [-0.4, -0.2) is 65.4 Å². The Labute approximate surface area is 169 Å². The van der Waals surface area contributed by atoms with Crippen LogP contribution in [0.1, 0.15) is 24.5 Å². The topological polar surface area (TPSA) is 70.6 Å². The zero-order valence-corrected chi connectivity index (χ0v) is 16.6. The molecule has 1 N–H and O–H groups in total. The first kappa shape index (κ1) is 19.0. The third kappa shape index (κ3) is 4.05. The highest BCUT2D eigenvalue weighted by atomic mass is 35.5. The molecule has 2 fully saturated rings. The number of rotatable bonds is 3. The highest BCUT2D eigenvalue weighted by molar-refractivity contribution is 6.29. The van der Waals surface area contributed by atoms with Crippen LogP contribution in [0.2, 0.25) is 5.15 Å². The number of nitrogens with zero attached hydrogens (tertiary/aromatic N) is 4. The standard InChI is InChI=1S/C20H24ClN5O2/c1-28-15-5-3-14(4-6-15)22-20(27)26-11-2-10-25-12-9-16(18(25)13-26)17-7-8-19(21)24-23-17/h3-8,16,18H,2,9-13H2,1H3,(H,22,27)/t16-,18+/m1/s1. The Bertz CT molecular complexity index is 814. The molecule has 4 rings (SSSR count). The van der Waals surface area contributed by atoms with Gasteiger partial charge in [-0.3, -0.25) is 4.90 Å². The van der Waals surface area contributed by atoms with Crippen molar-refractivity contribution in [1.29, 1.82) is 0 Å². The van der Waals surface area contributed by atoms with Crippen LogP contribution in [0.3, 0.4) is 0 Å². The van der Waals surface area contributed by atoms with Crippen molar-refractivity contribution in [3.05, 3.63) is 47.2 Å². The number of carbonyl (C=O) groups is 1. The molecule has 2 amide bonds. The fraction of sp³-hybridized carbons (Fsp3) is 0.450. The van der Waals surface area contributed by atoms with Crippen LogP contribution in [-0.2, 0) is 0 Å². The Hall–Kier alpha value is -2.38. The average molecular weight is 402 g/mol. The fourth-order valence-corrected chi connectivity index (χ4v) is 4.25. The van der Waals surface area contributed by atoms with Crippen LogP contribution in [0.4, 0.5) is 10.5 Å². The van der Waals surface area contributed by atoms with E-state index < -0.39 is 0 Å². The molecule has 2 saturated heterocycles. The number of methoxy groups -OCH3 is 1. The number of ether oxygens (including phenoxy) is 1. The van der Waals surface area contributed by atoms with Crippen molar-refractivity contribution in [2.75, 3.05) is 38.6 Å². The second-order valence-electron chi connectivity index (χ2n) is 7.24. The number of aromatic nitrogens is 2. The van der Waals surface area contributed by atoms with E-state index in [-0.39, 0.29) is 18.0 Å². The van der Waals surface area contributed by atoms with Crippen molar-refractivity contribution < 1.29 is 9.53 Å². The molecule has 2 atom stereocenters. The number of amides is 2. The van der Waals surface area contributed by atoms with E-state index >= 15 is 0 Å². The monoisotopic (exact) mass is 401 g/mol. The SMILES string of the molecule is COc1ccc(NC(=O)N2CCCN3CC[C@H](c4ccc(Cl)nn4)[C@@H]3C2)cc1. The van der Waals surface area contributed by atoms with Crippen LogP contribution in [0.15, 0.2) is 36.4 Å². The predicted octanol–water partition coefficient (Wildman–Crippen LogP) is 3.23. The Kier molecular flexibility index (Phi) is 5.64. The molecule has 0 radical (unpaired) electrons. The normalized spacial score (nSPS) is 22.4. The van der Waals surface area contributed by atoms with Gasteiger partial charge >= 0.3 is 6.03 Å². The number of benzene rings is 1. The van der Waals surface area contributed by atoms with Gasteiger partial charge in [0.25, 0.3) is 0 Å². The smallest absolute Gasteiger partial charge is 0.321 e. The summed E-state index contributed by atoms with van der Waals surface area (Å²) < 4.78 is 5.17. The lowest BCUT2D eigenvalue weighted by molar-refractivity contribution is 0.196. The Morgan fingerprint density at radius 2 is 1.96 bits per heavy atom. The number of halogens is 1. The molecule has 8 heteroatoms. The molecule has 1 aromatic carbocycles. The van der Waals surface area contributed by atoms with Crippen molar-refractivity contribution in [3.8, 4) is 5.75 Å². The van der Waals surface area contributed by atoms with Gasteiger partial charge in [0.05, 0.1) is 12.8 Å². The molecule has 0 spiro atoms. The lowest BCUT2D eigenvalue weighted by atomic mass is 9.96. The van der Waals surface area contributed by atoms with E-state index in [1.807, 2.05) is 35.2 Å². The number of carbonyl (C=O) groups excluding carboxylic acids is 1. The van der Waals surface area contributed by atoms with Gasteiger partial charge in [-0.25, -0.2) is 4.79 Å². The van der Waals surface area contributed by atoms with Crippen LogP contribution in [0, 0.1) is 0 Å². The molecule has 2 aromatic rings. The first-order valence-electron chi connectivity index (χ1n) is 9.57. The summed E-state index contributed by atoms with van der Waals surface area (Å²) in [6, 6.07) is 11.3. The number of hydrogen-bond donors (Lipinski definition) is 1. The van der Waals surface area contributed by atoms with E-state index in [0.29, 0.717) is 11.7 Å². The first-order valence-corrected chi connectivity index (χ1v) is 9.95. The molecule has 2 aliphatic rings. The van der Waals surface area contributed by atoms with Crippen LogP contribution in [0.5, 0.6) is 5.75 Å². The van der Waals surface area contributed by atoms with Crippen LogP contribution >= 0.6 is 11.6 Å². The summed E-state index contributed by atoms with van der Waals surface area (Å²) >= 11 is 5.89. The summed E-state index contributed by atoms with van der Waals surface area (Å²) in [6.07, 6.45) is 1.99. The van der Waals surface area contributed by atoms with Crippen molar-refractivity contribution in [1.82, 2.24) is 20.0 Å². The first-order chi connectivity index (χ1) is 13.6. The lowest BCUT2D eigenvalue weighted by Crippen LogP contribution is -2.43. The molecule has 0 aliphatic carbocycles. The zero-order chi connectivity index (χ0) is 19.5. The van der Waals surface area contributed by atoms with Gasteiger partial charge in [0.1, 0.15) is 5.75 Å². The third-order valence-corrected chi connectivity index (χ3v) is 5.80. The lowest BCUT2D eigenvalue weighted by Gasteiger charge is -2.29. The Morgan fingerprint density at radius 3 is 2.68 bits per heavy atom. The maximum absolute atomic E-state index is 12.9. The molecule has 1 aromatic heterocycles. The summed E-state index contributed by atoms with van der Waals surface area (Å²) in [5.74, 6) is 1.03. The van der Waals surface area contributed by atoms with Crippen LogP contribution < -0.4 is 10.1 Å². The number of urea groups is 1. The number of hydrogen-bond acceptors (Lipinski definition) is 5. The molecule has 0 bridgehead atoms. The van der Waals surface area contributed by atoms with Gasteiger partial charge in [-0.15, -0.1) is 5.10 Å². The summed E-state index contributed by atoms with van der Waals surface area (Å²) in [7, 11) is 1.62. The van der Waals surface area contributed by atoms with Crippen molar-refractivity contribution in [3.63, 3.8) is 0 Å². The van der Waals surface area contributed by atoms with Gasteiger partial charge in [0.2, 0.25) is 0 Å². The van der Waals surface area contributed by atoms with Gasteiger partial charge in [0.15, 0.2) is 5.15 Å². The van der Waals surface area contributed by atoms with Gasteiger partial charge in [-0.05, 0) is 55.8 Å². The quantitative estimate of drug-likeness (QED) is 0.854. The molecule has 28 heavy (non-hydrogen) atoms. The molecular weight excluding hydrogens is 378 g/mol. The molecule has 0 unspecified atom stereocenters. The maximum atomic E-state index is 12.9. The van der Waals surface area contributed by atoms with Gasteiger partial charge in [0, 0.05) is 37.3 Å². The number of anilines is 1. The fourth-order valence-electron chi connectivity index (χ4n) is 4.15. The predicted molar refractivity (Wildman–Crippen MR) is 108 cm³/mol. The largest absolute Gasteiger partial charge is 0.497 e. The van der Waals surface area contributed by atoms with Crippen LogP contribution in [0.25, 0.3) is 0 Å². The minimum absolute atomic E-state index is 0.0696. The summed E-state index contributed by atoms with van der Waals surface area (Å²) in [5, 5.41) is 11.7. The van der Waals surface area contributed by atoms with E-state index in [1.54, 1.807) is 13.2 Å². The van der Waals surface area contributed by atoms with Crippen molar-refractivity contribution >= 4 is 23.3 Å². The van der Waals surface area contributed by atoms with E-state index in [0.717, 1.165) is 49.6 Å². The minimum Gasteiger partial charge on any atom is -0.497 e. The Balaban J connectivity index is 1.46. The van der Waals surface area contributed by atoms with Gasteiger partial charge in [-0.1, -0.05) is 11.6 Å². The maximum Gasteiger partial charge on any atom is 0.321 e. The van der Waals surface area contributed by atoms with Crippen molar-refractivity contribution in [2.45, 2.75) is 24.8 Å². The van der Waals surface area contributed by atoms with Gasteiger partial charge < -0.3 is 15.0 Å². The van der Waals surface area contributed by atoms with E-state index in [2.05, 4.69) is 20.4 Å². The minimum atomic E-state index is -0.0696. The summed E-state index contributed by atoms with van der Waals surface area (Å²) in [4.78, 5) is 17.3. The second-order valence-corrected chi connectivity index (χ2v) is 7.62. The second kappa shape index (κ2) is 8.32. The Morgan fingerprint density at radius 1 is 1.14 bits per heavy atom. The molecule has 3 heterocycles. The number of nitrogens with one attached hydrogen (secondary N) is 1. The molecular formula is C20H24ClN5O2. The molecule has 0 saturated carbocycles. The zero-order valence-electron chi connectivity index (χ0n) is 15.8. The van der Waals surface area contributed by atoms with Gasteiger partial charge in [-0.2, -0.15) is 5.10 Å². The van der Waals surface area contributed by atoms with E-state index in [4.69, 9.17) is 16.3 Å². The highest BCUT2D eigenvalue weighted by Gasteiger charge is 2.39. The van der Waals surface area contributed by atoms with E-state index in [9.17, 15) is 4.79 Å². The highest BCUT2D eigenvalue weighted by Crippen LogP contribution is 2.34.